The Bertz CT molecular complexity index is 1160. The average molecular weight is 498 g/mol. The van der Waals surface area contributed by atoms with Crippen LogP contribution in [0, 0.1) is 0 Å². The smallest absolute Gasteiger partial charge is 0.273 e. The highest BCUT2D eigenvalue weighted by atomic mass is 35.5. The summed E-state index contributed by atoms with van der Waals surface area (Å²) >= 11 is 6.22. The number of benzene rings is 2. The van der Waals surface area contributed by atoms with Gasteiger partial charge in [0.15, 0.2) is 0 Å². The molecule has 2 heterocycles. The molecule has 186 valence electrons. The third kappa shape index (κ3) is 5.46. The number of amides is 1. The molecule has 4 rings (SSSR count). The van der Waals surface area contributed by atoms with Crippen LogP contribution in [0.4, 0.5) is 0 Å². The van der Waals surface area contributed by atoms with Crippen molar-refractivity contribution in [3.05, 3.63) is 64.3 Å². The van der Waals surface area contributed by atoms with Crippen LogP contribution >= 0.6 is 11.6 Å². The molecule has 35 heavy (non-hydrogen) atoms. The lowest BCUT2D eigenvalue weighted by Gasteiger charge is -2.27. The van der Waals surface area contributed by atoms with Crippen LogP contribution in [0.15, 0.2) is 42.5 Å². The first-order valence-corrected chi connectivity index (χ1v) is 12.5. The minimum atomic E-state index is -0.367. The number of hydrogen-bond donors (Lipinski definition) is 2. The number of phenols is 1. The Morgan fingerprint density at radius 3 is 2.63 bits per heavy atom. The van der Waals surface area contributed by atoms with Crippen LogP contribution in [-0.4, -0.2) is 52.0 Å². The Morgan fingerprint density at radius 2 is 1.91 bits per heavy atom. The van der Waals surface area contributed by atoms with Gasteiger partial charge in [0.1, 0.15) is 22.9 Å². The number of rotatable bonds is 11. The van der Waals surface area contributed by atoms with Crippen LogP contribution in [0.1, 0.15) is 67.7 Å². The van der Waals surface area contributed by atoms with Crippen LogP contribution in [0.25, 0.3) is 11.3 Å². The molecule has 0 fully saturated rings. The number of nitrogens with zero attached hydrogens (tertiary/aromatic N) is 2. The second kappa shape index (κ2) is 11.1. The predicted molar refractivity (Wildman–Crippen MR) is 136 cm³/mol. The normalized spacial score (nSPS) is 15.2. The van der Waals surface area contributed by atoms with E-state index < -0.39 is 0 Å². The van der Waals surface area contributed by atoms with Gasteiger partial charge in [-0.2, -0.15) is 5.10 Å². The SMILES string of the molecule is CCCCOc1ccc(C2c3c(-c4cc(Cl)ccc4O)n[nH]c3C(=O)N2CCCOC(C)C)cc1. The van der Waals surface area contributed by atoms with E-state index in [-0.39, 0.29) is 23.8 Å². The summed E-state index contributed by atoms with van der Waals surface area (Å²) in [6.45, 7) is 7.87. The van der Waals surface area contributed by atoms with Gasteiger partial charge in [-0.1, -0.05) is 37.1 Å². The lowest BCUT2D eigenvalue weighted by atomic mass is 9.95. The monoisotopic (exact) mass is 497 g/mol. The quantitative estimate of drug-likeness (QED) is 0.318. The zero-order chi connectivity index (χ0) is 24.9. The number of aromatic nitrogens is 2. The van der Waals surface area contributed by atoms with Gasteiger partial charge in [0, 0.05) is 29.3 Å². The molecule has 0 saturated carbocycles. The third-order valence-corrected chi connectivity index (χ3v) is 6.27. The fourth-order valence-corrected chi connectivity index (χ4v) is 4.48. The molecule has 7 nitrogen and oxygen atoms in total. The summed E-state index contributed by atoms with van der Waals surface area (Å²) in [5.41, 5.74) is 3.10. The minimum Gasteiger partial charge on any atom is -0.507 e. The maximum atomic E-state index is 13.4. The maximum Gasteiger partial charge on any atom is 0.273 e. The molecule has 2 N–H and O–H groups in total. The van der Waals surface area contributed by atoms with E-state index in [1.165, 1.54) is 6.07 Å². The van der Waals surface area contributed by atoms with Gasteiger partial charge in [0.25, 0.3) is 5.91 Å². The first-order chi connectivity index (χ1) is 16.9. The van der Waals surface area contributed by atoms with E-state index in [0.717, 1.165) is 29.7 Å². The highest BCUT2D eigenvalue weighted by Gasteiger charge is 2.42. The van der Waals surface area contributed by atoms with Gasteiger partial charge in [0.2, 0.25) is 0 Å². The van der Waals surface area contributed by atoms with Crippen LogP contribution in [0.5, 0.6) is 11.5 Å². The van der Waals surface area contributed by atoms with Crippen LogP contribution in [0.3, 0.4) is 0 Å². The Balaban J connectivity index is 1.70. The summed E-state index contributed by atoms with van der Waals surface area (Å²) in [5, 5.41) is 18.4. The van der Waals surface area contributed by atoms with Gasteiger partial charge >= 0.3 is 0 Å². The lowest BCUT2D eigenvalue weighted by molar-refractivity contribution is 0.0601. The van der Waals surface area contributed by atoms with Crippen LogP contribution in [-0.2, 0) is 4.74 Å². The highest BCUT2D eigenvalue weighted by molar-refractivity contribution is 6.31. The number of phenolic OH excluding ortho intramolecular Hbond substituents is 1. The van der Waals surface area contributed by atoms with Gasteiger partial charge in [-0.3, -0.25) is 9.89 Å². The number of fused-ring (bicyclic) bond motifs is 1. The predicted octanol–water partition coefficient (Wildman–Crippen LogP) is 5.97. The standard InChI is InChI=1S/C27H32ClN3O4/c1-4-5-14-35-20-10-7-18(8-11-20)26-23-24(21-16-19(28)9-12-22(21)32)29-30-25(23)27(33)31(26)13-6-15-34-17(2)3/h7-12,16-17,26,32H,4-6,13-15H2,1-3H3,(H,29,30). The fourth-order valence-electron chi connectivity index (χ4n) is 4.31. The number of unbranched alkanes of at least 4 members (excludes halogenated alkanes) is 1. The third-order valence-electron chi connectivity index (χ3n) is 6.03. The molecular formula is C27H32ClN3O4. The fraction of sp³-hybridized carbons (Fsp3) is 0.407. The van der Waals surface area contributed by atoms with Crippen molar-refractivity contribution in [2.75, 3.05) is 19.8 Å². The van der Waals surface area contributed by atoms with Gasteiger partial charge in [0.05, 0.1) is 18.8 Å². The summed E-state index contributed by atoms with van der Waals surface area (Å²) in [7, 11) is 0. The van der Waals surface area contributed by atoms with E-state index in [1.54, 1.807) is 12.1 Å². The first-order valence-electron chi connectivity index (χ1n) is 12.1. The van der Waals surface area contributed by atoms with Gasteiger partial charge in [-0.25, -0.2) is 0 Å². The molecule has 1 aliphatic rings. The van der Waals surface area contributed by atoms with E-state index in [2.05, 4.69) is 17.1 Å². The van der Waals surface area contributed by atoms with Crippen molar-refractivity contribution in [3.63, 3.8) is 0 Å². The van der Waals surface area contributed by atoms with Crippen LogP contribution in [0.2, 0.25) is 5.02 Å². The molecule has 1 unspecified atom stereocenters. The van der Waals surface area contributed by atoms with Gasteiger partial charge in [-0.15, -0.1) is 0 Å². The number of carbonyl (C=O) groups is 1. The number of halogens is 1. The van der Waals surface area contributed by atoms with Crippen molar-refractivity contribution in [2.45, 2.75) is 52.2 Å². The summed E-state index contributed by atoms with van der Waals surface area (Å²) < 4.78 is 11.5. The minimum absolute atomic E-state index is 0.0540. The molecule has 0 spiro atoms. The number of aromatic amines is 1. The molecule has 1 aromatic heterocycles. The van der Waals surface area contributed by atoms with Crippen molar-refractivity contribution in [3.8, 4) is 22.8 Å². The van der Waals surface area contributed by atoms with E-state index in [1.807, 2.05) is 43.0 Å². The zero-order valence-corrected chi connectivity index (χ0v) is 21.1. The van der Waals surface area contributed by atoms with Crippen LogP contribution < -0.4 is 4.74 Å². The van der Waals surface area contributed by atoms with Crippen molar-refractivity contribution in [2.24, 2.45) is 0 Å². The van der Waals surface area contributed by atoms with E-state index in [4.69, 9.17) is 21.1 Å². The van der Waals surface area contributed by atoms with Crippen molar-refractivity contribution in [1.82, 2.24) is 15.1 Å². The molecule has 0 bridgehead atoms. The Morgan fingerprint density at radius 1 is 1.14 bits per heavy atom. The number of H-pyrrole nitrogens is 1. The molecule has 0 aliphatic carbocycles. The number of nitrogens with one attached hydrogen (secondary N) is 1. The van der Waals surface area contributed by atoms with E-state index in [0.29, 0.717) is 48.2 Å². The highest BCUT2D eigenvalue weighted by Crippen LogP contribution is 2.45. The summed E-state index contributed by atoms with van der Waals surface area (Å²) in [6.07, 6.45) is 2.90. The molecule has 1 aliphatic heterocycles. The second-order valence-electron chi connectivity index (χ2n) is 8.97. The Kier molecular flexibility index (Phi) is 7.98. The Hall–Kier alpha value is -3.03. The number of hydrogen-bond acceptors (Lipinski definition) is 5. The molecular weight excluding hydrogens is 466 g/mol. The van der Waals surface area contributed by atoms with Crippen molar-refractivity contribution >= 4 is 17.5 Å². The topological polar surface area (TPSA) is 87.7 Å². The summed E-state index contributed by atoms with van der Waals surface area (Å²) in [6, 6.07) is 12.3. The van der Waals surface area contributed by atoms with E-state index in [9.17, 15) is 9.90 Å². The average Bonchev–Trinajstić information content (AvgIpc) is 3.38. The Labute approximate surface area is 211 Å². The largest absolute Gasteiger partial charge is 0.507 e. The second-order valence-corrected chi connectivity index (χ2v) is 9.40. The molecule has 2 aromatic carbocycles. The number of carbonyl (C=O) groups excluding carboxylic acids is 1. The van der Waals surface area contributed by atoms with Crippen molar-refractivity contribution < 1.29 is 19.4 Å². The molecule has 8 heteroatoms. The molecule has 0 radical (unpaired) electrons. The lowest BCUT2D eigenvalue weighted by Crippen LogP contribution is -2.31. The number of aromatic hydroxyl groups is 1. The van der Waals surface area contributed by atoms with Gasteiger partial charge in [-0.05, 0) is 62.6 Å². The summed E-state index contributed by atoms with van der Waals surface area (Å²) in [5.74, 6) is 0.722. The first kappa shape index (κ1) is 25.1. The maximum absolute atomic E-state index is 13.4. The molecule has 0 saturated heterocycles. The zero-order valence-electron chi connectivity index (χ0n) is 20.4. The molecule has 3 aromatic rings. The summed E-state index contributed by atoms with van der Waals surface area (Å²) in [4.78, 5) is 15.3. The molecule has 1 amide bonds. The van der Waals surface area contributed by atoms with E-state index >= 15 is 0 Å². The number of ether oxygens (including phenoxy) is 2. The van der Waals surface area contributed by atoms with Crippen molar-refractivity contribution in [1.29, 1.82) is 0 Å². The van der Waals surface area contributed by atoms with Gasteiger partial charge < -0.3 is 19.5 Å². The molecule has 1 atom stereocenters.